The average Bonchev–Trinajstić information content (AvgIpc) is 3.08. The van der Waals surface area contributed by atoms with Crippen LogP contribution < -0.4 is 5.32 Å². The van der Waals surface area contributed by atoms with Crippen LogP contribution in [0.1, 0.15) is 24.0 Å². The van der Waals surface area contributed by atoms with Gasteiger partial charge in [-0.3, -0.25) is 4.90 Å². The van der Waals surface area contributed by atoms with E-state index < -0.39 is 0 Å². The maximum absolute atomic E-state index is 4.51. The highest BCUT2D eigenvalue weighted by Gasteiger charge is 2.12. The number of rotatable bonds is 4. The van der Waals surface area contributed by atoms with E-state index in [9.17, 15) is 0 Å². The first-order valence-corrected chi connectivity index (χ1v) is 8.57. The number of nitrogens with zero attached hydrogens (tertiary/aromatic N) is 3. The average molecular weight is 318 g/mol. The number of likely N-dealkylation sites (tertiary alicyclic amines) is 1. The maximum Gasteiger partial charge on any atom is 0.132 e. The van der Waals surface area contributed by atoms with Crippen molar-refractivity contribution < 1.29 is 0 Å². The van der Waals surface area contributed by atoms with Crippen molar-refractivity contribution in [3.05, 3.63) is 59.9 Å². The number of nitrogens with one attached hydrogen (secondary N) is 1. The number of fused-ring (bicyclic) bond motifs is 1. The normalized spacial score (nSPS) is 15.0. The first kappa shape index (κ1) is 15.1. The molecule has 4 rings (SSSR count). The number of hydrogen-bond acceptors (Lipinski definition) is 4. The number of hydrogen-bond donors (Lipinski definition) is 1. The second-order valence-corrected chi connectivity index (χ2v) is 6.58. The molecular weight excluding hydrogens is 296 g/mol. The Labute approximate surface area is 142 Å². The Bertz CT molecular complexity index is 853. The van der Waals surface area contributed by atoms with E-state index in [1.54, 1.807) is 0 Å². The monoisotopic (exact) mass is 318 g/mol. The molecule has 0 amide bonds. The van der Waals surface area contributed by atoms with Gasteiger partial charge in [0.1, 0.15) is 11.6 Å². The predicted molar refractivity (Wildman–Crippen MR) is 98.5 cm³/mol. The molecule has 122 valence electrons. The Balaban J connectivity index is 1.53. The minimum Gasteiger partial charge on any atom is -0.325 e. The molecule has 2 aromatic heterocycles. The lowest BCUT2D eigenvalue weighted by Crippen LogP contribution is -2.18. The van der Waals surface area contributed by atoms with Crippen LogP contribution in [0.2, 0.25) is 0 Å². The van der Waals surface area contributed by atoms with Crippen molar-refractivity contribution in [2.24, 2.45) is 0 Å². The van der Waals surface area contributed by atoms with E-state index in [0.717, 1.165) is 23.6 Å². The number of aromatic nitrogens is 2. The van der Waals surface area contributed by atoms with Crippen LogP contribution in [0.4, 0.5) is 11.6 Å². The number of benzene rings is 1. The van der Waals surface area contributed by atoms with Crippen LogP contribution in [0.25, 0.3) is 10.8 Å². The van der Waals surface area contributed by atoms with Gasteiger partial charge in [-0.15, -0.1) is 0 Å². The van der Waals surface area contributed by atoms with Gasteiger partial charge >= 0.3 is 0 Å². The fraction of sp³-hybridized carbons (Fsp3) is 0.300. The molecule has 1 saturated heterocycles. The van der Waals surface area contributed by atoms with Crippen LogP contribution >= 0.6 is 0 Å². The molecule has 1 fully saturated rings. The summed E-state index contributed by atoms with van der Waals surface area (Å²) in [4.78, 5) is 11.4. The van der Waals surface area contributed by atoms with E-state index in [4.69, 9.17) is 0 Å². The summed E-state index contributed by atoms with van der Waals surface area (Å²) in [5.41, 5.74) is 2.55. The molecule has 0 bridgehead atoms. The molecule has 4 nitrogen and oxygen atoms in total. The van der Waals surface area contributed by atoms with Crippen LogP contribution in [-0.4, -0.2) is 28.0 Å². The predicted octanol–water partition coefficient (Wildman–Crippen LogP) is 4.28. The van der Waals surface area contributed by atoms with Crippen molar-refractivity contribution in [1.82, 2.24) is 14.9 Å². The van der Waals surface area contributed by atoms with Crippen LogP contribution in [0.5, 0.6) is 0 Å². The molecule has 0 radical (unpaired) electrons. The van der Waals surface area contributed by atoms with Gasteiger partial charge in [0.05, 0.1) is 0 Å². The van der Waals surface area contributed by atoms with Crippen LogP contribution in [0.3, 0.4) is 0 Å². The third kappa shape index (κ3) is 3.39. The van der Waals surface area contributed by atoms with Crippen molar-refractivity contribution in [2.45, 2.75) is 26.3 Å². The number of pyridine rings is 2. The van der Waals surface area contributed by atoms with Gasteiger partial charge in [0.25, 0.3) is 0 Å². The van der Waals surface area contributed by atoms with Gasteiger partial charge in [-0.05, 0) is 68.1 Å². The van der Waals surface area contributed by atoms with Crippen molar-refractivity contribution in [3.8, 4) is 0 Å². The third-order valence-electron chi connectivity index (χ3n) is 4.56. The van der Waals surface area contributed by atoms with Crippen LogP contribution in [-0.2, 0) is 6.54 Å². The van der Waals surface area contributed by atoms with E-state index in [0.29, 0.717) is 0 Å². The van der Waals surface area contributed by atoms with Gasteiger partial charge < -0.3 is 5.32 Å². The summed E-state index contributed by atoms with van der Waals surface area (Å²) in [6.45, 7) is 5.51. The van der Waals surface area contributed by atoms with Crippen LogP contribution in [0, 0.1) is 6.92 Å². The zero-order chi connectivity index (χ0) is 16.4. The van der Waals surface area contributed by atoms with Gasteiger partial charge in [0, 0.05) is 24.3 Å². The summed E-state index contributed by atoms with van der Waals surface area (Å²) < 4.78 is 0. The van der Waals surface area contributed by atoms with E-state index >= 15 is 0 Å². The first-order valence-electron chi connectivity index (χ1n) is 8.57. The highest BCUT2D eigenvalue weighted by molar-refractivity contribution is 5.85. The van der Waals surface area contributed by atoms with Crippen molar-refractivity contribution in [3.63, 3.8) is 0 Å². The highest BCUT2D eigenvalue weighted by atomic mass is 15.1. The highest BCUT2D eigenvalue weighted by Crippen LogP contribution is 2.21. The topological polar surface area (TPSA) is 41.0 Å². The molecular formula is C20H22N4. The summed E-state index contributed by atoms with van der Waals surface area (Å²) in [5.74, 6) is 1.68. The molecule has 1 aromatic carbocycles. The van der Waals surface area contributed by atoms with Crippen molar-refractivity contribution in [2.75, 3.05) is 18.4 Å². The van der Waals surface area contributed by atoms with E-state index in [2.05, 4.69) is 63.5 Å². The molecule has 0 spiro atoms. The lowest BCUT2D eigenvalue weighted by molar-refractivity contribution is 0.331. The fourth-order valence-corrected chi connectivity index (χ4v) is 3.30. The van der Waals surface area contributed by atoms with Gasteiger partial charge in [0.15, 0.2) is 0 Å². The Morgan fingerprint density at radius 3 is 2.67 bits per heavy atom. The fourth-order valence-electron chi connectivity index (χ4n) is 3.30. The summed E-state index contributed by atoms with van der Waals surface area (Å²) in [6.07, 6.45) is 6.42. The Morgan fingerprint density at radius 1 is 0.958 bits per heavy atom. The Hall–Kier alpha value is -2.46. The maximum atomic E-state index is 4.51. The molecule has 0 saturated carbocycles. The molecule has 0 unspecified atom stereocenters. The number of aryl methyl sites for hydroxylation is 1. The lowest BCUT2D eigenvalue weighted by atomic mass is 10.1. The second-order valence-electron chi connectivity index (χ2n) is 6.58. The SMILES string of the molecule is Cc1ccc2cc(Nc3cc(CN4CCCC4)ccn3)ncc2c1. The summed E-state index contributed by atoms with van der Waals surface area (Å²) in [5, 5.41) is 5.68. The van der Waals surface area contributed by atoms with E-state index in [-0.39, 0.29) is 0 Å². The molecule has 0 atom stereocenters. The minimum absolute atomic E-state index is 0.831. The molecule has 3 heterocycles. The zero-order valence-corrected chi connectivity index (χ0v) is 14.0. The van der Waals surface area contributed by atoms with Crippen molar-refractivity contribution in [1.29, 1.82) is 0 Å². The van der Waals surface area contributed by atoms with Gasteiger partial charge in [-0.2, -0.15) is 0 Å². The van der Waals surface area contributed by atoms with Crippen molar-refractivity contribution >= 4 is 22.4 Å². The quantitative estimate of drug-likeness (QED) is 0.779. The standard InChI is InChI=1S/C20H22N4/c1-15-4-5-17-12-20(22-13-18(17)10-15)23-19-11-16(6-7-21-19)14-24-8-2-3-9-24/h4-7,10-13H,2-3,8-9,14H2,1H3,(H,21,22,23). The summed E-state index contributed by atoms with van der Waals surface area (Å²) in [6, 6.07) is 12.7. The summed E-state index contributed by atoms with van der Waals surface area (Å²) in [7, 11) is 0. The van der Waals surface area contributed by atoms with Gasteiger partial charge in [0.2, 0.25) is 0 Å². The summed E-state index contributed by atoms with van der Waals surface area (Å²) >= 11 is 0. The van der Waals surface area contributed by atoms with Crippen LogP contribution in [0.15, 0.2) is 48.8 Å². The Kier molecular flexibility index (Phi) is 4.13. The smallest absolute Gasteiger partial charge is 0.132 e. The lowest BCUT2D eigenvalue weighted by Gasteiger charge is -2.15. The zero-order valence-electron chi connectivity index (χ0n) is 14.0. The largest absolute Gasteiger partial charge is 0.325 e. The molecule has 0 aliphatic carbocycles. The molecule has 1 aliphatic rings. The van der Waals surface area contributed by atoms with E-state index in [1.165, 1.54) is 42.4 Å². The number of anilines is 2. The van der Waals surface area contributed by atoms with Gasteiger partial charge in [-0.25, -0.2) is 9.97 Å². The van der Waals surface area contributed by atoms with Gasteiger partial charge in [-0.1, -0.05) is 17.7 Å². The first-order chi connectivity index (χ1) is 11.8. The van der Waals surface area contributed by atoms with E-state index in [1.807, 2.05) is 12.4 Å². The minimum atomic E-state index is 0.831. The molecule has 1 aliphatic heterocycles. The molecule has 24 heavy (non-hydrogen) atoms. The molecule has 4 heteroatoms. The third-order valence-corrected chi connectivity index (χ3v) is 4.56. The molecule has 1 N–H and O–H groups in total. The second kappa shape index (κ2) is 6.57. The molecule has 3 aromatic rings. The Morgan fingerprint density at radius 2 is 1.79 bits per heavy atom.